The van der Waals surface area contributed by atoms with Gasteiger partial charge in [-0.05, 0) is 30.7 Å². The number of hydrogen-bond donors (Lipinski definition) is 3. The molecule has 0 bridgehead atoms. The molecule has 3 rings (SSSR count). The third-order valence-electron chi connectivity index (χ3n) is 4.65. The van der Waals surface area contributed by atoms with Gasteiger partial charge in [0, 0.05) is 36.3 Å². The number of pyridine rings is 1. The van der Waals surface area contributed by atoms with Crippen LogP contribution in [0.15, 0.2) is 55.0 Å². The molecule has 0 amide bonds. The molecule has 152 valence electrons. The molecule has 0 spiro atoms. The summed E-state index contributed by atoms with van der Waals surface area (Å²) in [6.07, 6.45) is 3.31. The van der Waals surface area contributed by atoms with Gasteiger partial charge in [0.25, 0.3) is 0 Å². The largest absolute Gasteiger partial charge is 0.496 e. The van der Waals surface area contributed by atoms with Gasteiger partial charge in [0.05, 0.1) is 19.4 Å². The van der Waals surface area contributed by atoms with E-state index in [1.807, 2.05) is 43.3 Å². The summed E-state index contributed by atoms with van der Waals surface area (Å²) in [5.41, 5.74) is 2.85. The van der Waals surface area contributed by atoms with Gasteiger partial charge >= 0.3 is 0 Å². The number of aromatic nitrogens is 3. The molecular formula is C22H27N5O2. The van der Waals surface area contributed by atoms with Crippen molar-refractivity contribution in [2.45, 2.75) is 25.8 Å². The zero-order valence-corrected chi connectivity index (χ0v) is 17.0. The van der Waals surface area contributed by atoms with E-state index >= 15 is 0 Å². The van der Waals surface area contributed by atoms with Crippen LogP contribution in [0.5, 0.6) is 5.75 Å². The first kappa shape index (κ1) is 20.5. The Labute approximate surface area is 171 Å². The first-order valence-corrected chi connectivity index (χ1v) is 9.63. The van der Waals surface area contributed by atoms with Gasteiger partial charge in [-0.2, -0.15) is 0 Å². The second kappa shape index (κ2) is 9.84. The van der Waals surface area contributed by atoms with Crippen LogP contribution in [0.4, 0.5) is 11.6 Å². The smallest absolute Gasteiger partial charge is 0.129 e. The van der Waals surface area contributed by atoms with Gasteiger partial charge < -0.3 is 20.5 Å². The van der Waals surface area contributed by atoms with Crippen molar-refractivity contribution in [2.75, 3.05) is 30.9 Å². The predicted octanol–water partition coefficient (Wildman–Crippen LogP) is 3.56. The number of ether oxygens (including phenoxy) is 1. The first-order chi connectivity index (χ1) is 14.1. The fourth-order valence-electron chi connectivity index (χ4n) is 2.98. The molecule has 2 atom stereocenters. The highest BCUT2D eigenvalue weighted by Gasteiger charge is 2.11. The third-order valence-corrected chi connectivity index (χ3v) is 4.65. The summed E-state index contributed by atoms with van der Waals surface area (Å²) in [6.45, 7) is 4.81. The Bertz CT molecular complexity index is 917. The van der Waals surface area contributed by atoms with E-state index in [2.05, 4.69) is 38.6 Å². The molecule has 29 heavy (non-hydrogen) atoms. The van der Waals surface area contributed by atoms with Crippen molar-refractivity contribution in [3.05, 3.63) is 60.6 Å². The van der Waals surface area contributed by atoms with Crippen LogP contribution in [-0.2, 0) is 0 Å². The van der Waals surface area contributed by atoms with Crippen molar-refractivity contribution in [3.63, 3.8) is 0 Å². The molecule has 0 unspecified atom stereocenters. The van der Waals surface area contributed by atoms with Crippen LogP contribution in [-0.4, -0.2) is 46.4 Å². The molecule has 0 aliphatic rings. The Morgan fingerprint density at radius 3 is 2.59 bits per heavy atom. The summed E-state index contributed by atoms with van der Waals surface area (Å²) in [5.74, 6) is 2.62. The average molecular weight is 393 g/mol. The molecule has 1 aromatic carbocycles. The normalized spacial score (nSPS) is 12.8. The second-order valence-corrected chi connectivity index (χ2v) is 6.97. The second-order valence-electron chi connectivity index (χ2n) is 6.97. The number of anilines is 2. The van der Waals surface area contributed by atoms with E-state index in [1.54, 1.807) is 19.6 Å². The first-order valence-electron chi connectivity index (χ1n) is 9.63. The maximum absolute atomic E-state index is 9.13. The van der Waals surface area contributed by atoms with Crippen molar-refractivity contribution < 1.29 is 9.84 Å². The van der Waals surface area contributed by atoms with Gasteiger partial charge in [-0.1, -0.05) is 25.1 Å². The number of benzene rings is 1. The lowest BCUT2D eigenvalue weighted by molar-refractivity contribution is 0.281. The van der Waals surface area contributed by atoms with Crippen LogP contribution in [0.25, 0.3) is 11.3 Å². The lowest BCUT2D eigenvalue weighted by Crippen LogP contribution is -2.19. The van der Waals surface area contributed by atoms with Crippen LogP contribution in [0.3, 0.4) is 0 Å². The van der Waals surface area contributed by atoms with E-state index in [0.717, 1.165) is 34.9 Å². The van der Waals surface area contributed by atoms with Gasteiger partial charge in [-0.3, -0.25) is 0 Å². The molecule has 0 saturated carbocycles. The van der Waals surface area contributed by atoms with Gasteiger partial charge in [0.15, 0.2) is 0 Å². The Morgan fingerprint density at radius 1 is 1.03 bits per heavy atom. The quantitative estimate of drug-likeness (QED) is 0.512. The number of aliphatic hydroxyl groups is 1. The number of rotatable bonds is 9. The number of para-hydroxylation sites is 1. The summed E-state index contributed by atoms with van der Waals surface area (Å²) in [5, 5.41) is 15.6. The minimum Gasteiger partial charge on any atom is -0.496 e. The zero-order chi connectivity index (χ0) is 20.6. The summed E-state index contributed by atoms with van der Waals surface area (Å²) in [7, 11) is 1.69. The molecule has 0 fully saturated rings. The molecule has 7 nitrogen and oxygen atoms in total. The topological polar surface area (TPSA) is 92.2 Å². The van der Waals surface area contributed by atoms with Crippen LogP contribution in [0.1, 0.15) is 25.3 Å². The number of aliphatic hydroxyl groups excluding tert-OH is 1. The summed E-state index contributed by atoms with van der Waals surface area (Å²) in [4.78, 5) is 13.1. The van der Waals surface area contributed by atoms with E-state index in [9.17, 15) is 0 Å². The van der Waals surface area contributed by atoms with Crippen molar-refractivity contribution >= 4 is 11.6 Å². The fourth-order valence-corrected chi connectivity index (χ4v) is 2.98. The number of hydrogen-bond acceptors (Lipinski definition) is 7. The highest BCUT2D eigenvalue weighted by Crippen LogP contribution is 2.26. The van der Waals surface area contributed by atoms with Crippen LogP contribution in [0.2, 0.25) is 0 Å². The van der Waals surface area contributed by atoms with E-state index in [-0.39, 0.29) is 18.6 Å². The maximum Gasteiger partial charge on any atom is 0.129 e. The number of nitrogens with one attached hydrogen (secondary N) is 2. The molecule has 0 saturated heterocycles. The SMILES string of the molecule is COc1ccccc1[C@H](C)CNc1cc(-c2ccc(N[C@@H](C)CO)nc2)ncn1. The van der Waals surface area contributed by atoms with Crippen LogP contribution >= 0.6 is 0 Å². The Hall–Kier alpha value is -3.19. The fraction of sp³-hybridized carbons (Fsp3) is 0.318. The summed E-state index contributed by atoms with van der Waals surface area (Å²) >= 11 is 0. The molecule has 0 radical (unpaired) electrons. The molecule has 7 heteroatoms. The van der Waals surface area contributed by atoms with Crippen molar-refractivity contribution in [3.8, 4) is 17.0 Å². The van der Waals surface area contributed by atoms with Crippen LogP contribution < -0.4 is 15.4 Å². The van der Waals surface area contributed by atoms with Gasteiger partial charge in [-0.25, -0.2) is 15.0 Å². The molecular weight excluding hydrogens is 366 g/mol. The van der Waals surface area contributed by atoms with E-state index in [1.165, 1.54) is 0 Å². The molecule has 2 heterocycles. The van der Waals surface area contributed by atoms with E-state index in [4.69, 9.17) is 9.84 Å². The summed E-state index contributed by atoms with van der Waals surface area (Å²) < 4.78 is 5.46. The number of nitrogens with zero attached hydrogens (tertiary/aromatic N) is 3. The summed E-state index contributed by atoms with van der Waals surface area (Å²) in [6, 6.07) is 13.7. The Morgan fingerprint density at radius 2 is 1.86 bits per heavy atom. The lowest BCUT2D eigenvalue weighted by atomic mass is 10.00. The van der Waals surface area contributed by atoms with Crippen molar-refractivity contribution in [2.24, 2.45) is 0 Å². The van der Waals surface area contributed by atoms with Gasteiger partial charge in [0.2, 0.25) is 0 Å². The maximum atomic E-state index is 9.13. The zero-order valence-electron chi connectivity index (χ0n) is 17.0. The van der Waals surface area contributed by atoms with E-state index in [0.29, 0.717) is 5.82 Å². The Balaban J connectivity index is 1.66. The number of methoxy groups -OCH3 is 1. The minimum absolute atomic E-state index is 0.0477. The Kier molecular flexibility index (Phi) is 6.97. The monoisotopic (exact) mass is 393 g/mol. The van der Waals surface area contributed by atoms with Gasteiger partial charge in [-0.15, -0.1) is 0 Å². The molecule has 0 aliphatic carbocycles. The van der Waals surface area contributed by atoms with Gasteiger partial charge in [0.1, 0.15) is 23.7 Å². The highest BCUT2D eigenvalue weighted by molar-refractivity contribution is 5.62. The third kappa shape index (κ3) is 5.42. The average Bonchev–Trinajstić information content (AvgIpc) is 2.78. The standard InChI is InChI=1S/C22H27N5O2/c1-15(18-6-4-5-7-20(18)29-3)11-23-22-10-19(25-14-26-22)17-8-9-21(24-12-17)27-16(2)13-28/h4-10,12,14-16,28H,11,13H2,1-3H3,(H,24,27)(H,23,25,26)/t15-,16+/m1/s1. The molecule has 3 N–H and O–H groups in total. The molecule has 0 aliphatic heterocycles. The van der Waals surface area contributed by atoms with E-state index < -0.39 is 0 Å². The minimum atomic E-state index is -0.0477. The highest BCUT2D eigenvalue weighted by atomic mass is 16.5. The van der Waals surface area contributed by atoms with Crippen molar-refractivity contribution in [1.82, 2.24) is 15.0 Å². The lowest BCUT2D eigenvalue weighted by Gasteiger charge is -2.16. The van der Waals surface area contributed by atoms with Crippen LogP contribution in [0, 0.1) is 0 Å². The molecule has 2 aromatic heterocycles. The molecule has 3 aromatic rings. The predicted molar refractivity (Wildman–Crippen MR) is 115 cm³/mol. The van der Waals surface area contributed by atoms with Crippen molar-refractivity contribution in [1.29, 1.82) is 0 Å².